The highest BCUT2D eigenvalue weighted by atomic mass is 16.4. The van der Waals surface area contributed by atoms with Gasteiger partial charge in [-0.3, -0.25) is 9.59 Å². The van der Waals surface area contributed by atoms with E-state index in [1.54, 1.807) is 4.90 Å². The lowest BCUT2D eigenvalue weighted by Gasteiger charge is -2.22. The fraction of sp³-hybridized carbons (Fsp3) is 0.778. The van der Waals surface area contributed by atoms with Crippen LogP contribution < -0.4 is 0 Å². The SMILES string of the molecule is CC1C(C(=O)O)CC(=O)N1C1CC1. The quantitative estimate of drug-likeness (QED) is 0.677. The van der Waals surface area contributed by atoms with Crippen LogP contribution in [0.2, 0.25) is 0 Å². The summed E-state index contributed by atoms with van der Waals surface area (Å²) in [6.07, 6.45) is 2.28. The molecule has 0 bridgehead atoms. The monoisotopic (exact) mass is 183 g/mol. The van der Waals surface area contributed by atoms with Crippen LogP contribution >= 0.6 is 0 Å². The van der Waals surface area contributed by atoms with Crippen molar-refractivity contribution in [3.8, 4) is 0 Å². The first kappa shape index (κ1) is 8.53. The van der Waals surface area contributed by atoms with Gasteiger partial charge in [-0.15, -0.1) is 0 Å². The third-order valence-corrected chi connectivity index (χ3v) is 2.96. The van der Waals surface area contributed by atoms with E-state index >= 15 is 0 Å². The molecular formula is C9H13NO3. The molecule has 72 valence electrons. The summed E-state index contributed by atoms with van der Waals surface area (Å²) in [4.78, 5) is 24.0. The van der Waals surface area contributed by atoms with Gasteiger partial charge in [0.2, 0.25) is 5.91 Å². The van der Waals surface area contributed by atoms with Gasteiger partial charge < -0.3 is 10.0 Å². The average Bonchev–Trinajstić information content (AvgIpc) is 2.80. The topological polar surface area (TPSA) is 57.6 Å². The number of carbonyl (C=O) groups excluding carboxylic acids is 1. The second-order valence-corrected chi connectivity index (χ2v) is 3.92. The molecule has 1 amide bonds. The van der Waals surface area contributed by atoms with Crippen molar-refractivity contribution in [3.63, 3.8) is 0 Å². The van der Waals surface area contributed by atoms with Gasteiger partial charge >= 0.3 is 5.97 Å². The van der Waals surface area contributed by atoms with Crippen LogP contribution in [0.15, 0.2) is 0 Å². The molecule has 1 N–H and O–H groups in total. The number of rotatable bonds is 2. The molecule has 1 saturated heterocycles. The summed E-state index contributed by atoms with van der Waals surface area (Å²) in [7, 11) is 0. The van der Waals surface area contributed by atoms with Crippen LogP contribution in [0, 0.1) is 5.92 Å². The van der Waals surface area contributed by atoms with Gasteiger partial charge in [-0.1, -0.05) is 0 Å². The first-order valence-electron chi connectivity index (χ1n) is 4.65. The minimum atomic E-state index is -0.844. The van der Waals surface area contributed by atoms with E-state index in [2.05, 4.69) is 0 Å². The minimum Gasteiger partial charge on any atom is -0.481 e. The molecule has 1 aliphatic heterocycles. The summed E-state index contributed by atoms with van der Waals surface area (Å²) < 4.78 is 0. The normalized spacial score (nSPS) is 33.9. The summed E-state index contributed by atoms with van der Waals surface area (Å²) >= 11 is 0. The number of carboxylic acid groups (broad SMARTS) is 1. The van der Waals surface area contributed by atoms with Crippen molar-refractivity contribution in [1.82, 2.24) is 4.90 Å². The van der Waals surface area contributed by atoms with E-state index in [-0.39, 0.29) is 18.4 Å². The van der Waals surface area contributed by atoms with Crippen molar-refractivity contribution in [2.75, 3.05) is 0 Å². The molecule has 2 unspecified atom stereocenters. The Balaban J connectivity index is 2.13. The fourth-order valence-electron chi connectivity index (χ4n) is 2.07. The second-order valence-electron chi connectivity index (χ2n) is 3.92. The molecule has 0 aromatic carbocycles. The number of hydrogen-bond donors (Lipinski definition) is 1. The predicted molar refractivity (Wildman–Crippen MR) is 45.1 cm³/mol. The van der Waals surface area contributed by atoms with E-state index < -0.39 is 11.9 Å². The molecule has 2 aliphatic rings. The number of carboxylic acids is 1. The summed E-state index contributed by atoms with van der Waals surface area (Å²) in [6, 6.07) is 0.226. The molecule has 2 atom stereocenters. The lowest BCUT2D eigenvalue weighted by atomic mass is 10.0. The first-order valence-corrected chi connectivity index (χ1v) is 4.65. The maximum Gasteiger partial charge on any atom is 0.309 e. The van der Waals surface area contributed by atoms with Crippen LogP contribution in [0.25, 0.3) is 0 Å². The Kier molecular flexibility index (Phi) is 1.78. The van der Waals surface area contributed by atoms with Crippen LogP contribution in [-0.4, -0.2) is 34.0 Å². The van der Waals surface area contributed by atoms with Gasteiger partial charge in [0.1, 0.15) is 0 Å². The zero-order valence-electron chi connectivity index (χ0n) is 7.56. The number of amides is 1. The summed E-state index contributed by atoms with van der Waals surface area (Å²) in [5.41, 5.74) is 0. The zero-order chi connectivity index (χ0) is 9.59. The van der Waals surface area contributed by atoms with Crippen molar-refractivity contribution < 1.29 is 14.7 Å². The third kappa shape index (κ3) is 1.30. The number of aliphatic carboxylic acids is 1. The second kappa shape index (κ2) is 2.72. The number of hydrogen-bond acceptors (Lipinski definition) is 2. The number of likely N-dealkylation sites (tertiary alicyclic amines) is 1. The van der Waals surface area contributed by atoms with Crippen LogP contribution in [0.4, 0.5) is 0 Å². The van der Waals surface area contributed by atoms with E-state index in [1.807, 2.05) is 6.92 Å². The molecule has 4 heteroatoms. The molecule has 0 aromatic heterocycles. The highest BCUT2D eigenvalue weighted by Crippen LogP contribution is 2.36. The Morgan fingerprint density at radius 2 is 2.15 bits per heavy atom. The van der Waals surface area contributed by atoms with Crippen molar-refractivity contribution in [1.29, 1.82) is 0 Å². The third-order valence-electron chi connectivity index (χ3n) is 2.96. The number of carbonyl (C=O) groups is 2. The van der Waals surface area contributed by atoms with Crippen molar-refractivity contribution in [3.05, 3.63) is 0 Å². The molecule has 4 nitrogen and oxygen atoms in total. The lowest BCUT2D eigenvalue weighted by Crippen LogP contribution is -2.36. The maximum atomic E-state index is 11.4. The molecule has 2 fully saturated rings. The van der Waals surface area contributed by atoms with E-state index in [4.69, 9.17) is 5.11 Å². The van der Waals surface area contributed by atoms with Gasteiger partial charge in [0.15, 0.2) is 0 Å². The highest BCUT2D eigenvalue weighted by Gasteiger charge is 2.46. The molecular weight excluding hydrogens is 170 g/mol. The van der Waals surface area contributed by atoms with E-state index in [1.165, 1.54) is 0 Å². The molecule has 0 spiro atoms. The largest absolute Gasteiger partial charge is 0.481 e. The Morgan fingerprint density at radius 3 is 2.54 bits per heavy atom. The lowest BCUT2D eigenvalue weighted by molar-refractivity contribution is -0.142. The molecule has 13 heavy (non-hydrogen) atoms. The van der Waals surface area contributed by atoms with Gasteiger partial charge in [0, 0.05) is 18.5 Å². The standard InChI is InChI=1S/C9H13NO3/c1-5-7(9(12)13)4-8(11)10(5)6-2-3-6/h5-7H,2-4H2,1H3,(H,12,13). The van der Waals surface area contributed by atoms with Gasteiger partial charge in [-0.05, 0) is 19.8 Å². The summed E-state index contributed by atoms with van der Waals surface area (Å²) in [5, 5.41) is 8.84. The summed E-state index contributed by atoms with van der Waals surface area (Å²) in [5.74, 6) is -1.32. The van der Waals surface area contributed by atoms with Crippen LogP contribution in [0.3, 0.4) is 0 Å². The first-order chi connectivity index (χ1) is 6.11. The van der Waals surface area contributed by atoms with Gasteiger partial charge in [-0.2, -0.15) is 0 Å². The Hall–Kier alpha value is -1.06. The van der Waals surface area contributed by atoms with Crippen LogP contribution in [0.1, 0.15) is 26.2 Å². The van der Waals surface area contributed by atoms with Crippen molar-refractivity contribution in [2.45, 2.75) is 38.3 Å². The van der Waals surface area contributed by atoms with Crippen molar-refractivity contribution in [2.24, 2.45) is 5.92 Å². The zero-order valence-corrected chi connectivity index (χ0v) is 7.56. The highest BCUT2D eigenvalue weighted by molar-refractivity contribution is 5.87. The van der Waals surface area contributed by atoms with E-state index in [0.29, 0.717) is 6.04 Å². The summed E-state index contributed by atoms with van der Waals surface area (Å²) in [6.45, 7) is 1.84. The van der Waals surface area contributed by atoms with Gasteiger partial charge in [-0.25, -0.2) is 0 Å². The van der Waals surface area contributed by atoms with E-state index in [0.717, 1.165) is 12.8 Å². The van der Waals surface area contributed by atoms with Crippen molar-refractivity contribution >= 4 is 11.9 Å². The Bertz CT molecular complexity index is 260. The van der Waals surface area contributed by atoms with E-state index in [9.17, 15) is 9.59 Å². The van der Waals surface area contributed by atoms with Crippen LogP contribution in [-0.2, 0) is 9.59 Å². The molecule has 1 heterocycles. The van der Waals surface area contributed by atoms with Crippen LogP contribution in [0.5, 0.6) is 0 Å². The Labute approximate surface area is 76.5 Å². The predicted octanol–water partition coefficient (Wildman–Crippen LogP) is 0.470. The van der Waals surface area contributed by atoms with Gasteiger partial charge in [0.25, 0.3) is 0 Å². The number of nitrogens with zero attached hydrogens (tertiary/aromatic N) is 1. The molecule has 1 aliphatic carbocycles. The minimum absolute atomic E-state index is 0.0161. The fourth-order valence-corrected chi connectivity index (χ4v) is 2.07. The van der Waals surface area contributed by atoms with Gasteiger partial charge in [0.05, 0.1) is 5.92 Å². The molecule has 2 rings (SSSR count). The molecule has 0 radical (unpaired) electrons. The molecule has 1 saturated carbocycles. The molecule has 0 aromatic rings. The maximum absolute atomic E-state index is 11.4. The average molecular weight is 183 g/mol. The Morgan fingerprint density at radius 1 is 1.54 bits per heavy atom. The smallest absolute Gasteiger partial charge is 0.309 e.